The summed E-state index contributed by atoms with van der Waals surface area (Å²) in [5.41, 5.74) is 3.07. The number of rotatable bonds is 5. The minimum atomic E-state index is 0.0216. The summed E-state index contributed by atoms with van der Waals surface area (Å²) in [6, 6.07) is 18.0. The van der Waals surface area contributed by atoms with Crippen LogP contribution in [0.15, 0.2) is 54.6 Å². The van der Waals surface area contributed by atoms with Gasteiger partial charge in [-0.1, -0.05) is 55.5 Å². The monoisotopic (exact) mass is 253 g/mol. The van der Waals surface area contributed by atoms with Crippen molar-refractivity contribution in [3.05, 3.63) is 71.3 Å². The predicted octanol–water partition coefficient (Wildman–Crippen LogP) is 3.42. The summed E-state index contributed by atoms with van der Waals surface area (Å²) >= 11 is 0. The Morgan fingerprint density at radius 2 is 1.68 bits per heavy atom. The number of amides is 1. The van der Waals surface area contributed by atoms with Crippen LogP contribution in [0, 0.1) is 0 Å². The average molecular weight is 253 g/mol. The molecule has 0 saturated carbocycles. The van der Waals surface area contributed by atoms with E-state index >= 15 is 0 Å². The highest BCUT2D eigenvalue weighted by Crippen LogP contribution is 2.14. The molecule has 0 unspecified atom stereocenters. The normalized spacial score (nSPS) is 10.2. The third kappa shape index (κ3) is 3.68. The van der Waals surface area contributed by atoms with Crippen LogP contribution in [0.25, 0.3) is 0 Å². The molecule has 0 bridgehead atoms. The van der Waals surface area contributed by atoms with Gasteiger partial charge in [0.2, 0.25) is 0 Å². The first-order valence-corrected chi connectivity index (χ1v) is 6.71. The number of hydrogen-bond acceptors (Lipinski definition) is 1. The fourth-order valence-corrected chi connectivity index (χ4v) is 2.05. The van der Waals surface area contributed by atoms with Gasteiger partial charge in [-0.3, -0.25) is 4.79 Å². The quantitative estimate of drug-likeness (QED) is 0.869. The smallest absolute Gasteiger partial charge is 0.251 e. The molecule has 2 aromatic rings. The van der Waals surface area contributed by atoms with Crippen LogP contribution in [0.1, 0.15) is 34.8 Å². The summed E-state index contributed by atoms with van der Waals surface area (Å²) in [6.07, 6.45) is 1.74. The van der Waals surface area contributed by atoms with Crippen LogP contribution < -0.4 is 5.32 Å². The van der Waals surface area contributed by atoms with Gasteiger partial charge in [0.15, 0.2) is 0 Å². The molecule has 0 fully saturated rings. The molecule has 2 aromatic carbocycles. The number of carbonyl (C=O) groups is 1. The molecule has 0 aliphatic heterocycles. The summed E-state index contributed by atoms with van der Waals surface area (Å²) < 4.78 is 0. The maximum Gasteiger partial charge on any atom is 0.251 e. The lowest BCUT2D eigenvalue weighted by atomic mass is 9.99. The first-order chi connectivity index (χ1) is 9.31. The van der Waals surface area contributed by atoms with Gasteiger partial charge in [-0.2, -0.15) is 0 Å². The van der Waals surface area contributed by atoms with Crippen LogP contribution in [0.4, 0.5) is 0 Å². The van der Waals surface area contributed by atoms with Crippen molar-refractivity contribution in [1.29, 1.82) is 0 Å². The Kier molecular flexibility index (Phi) is 4.73. The van der Waals surface area contributed by atoms with Gasteiger partial charge in [0.25, 0.3) is 5.91 Å². The lowest BCUT2D eigenvalue weighted by Gasteiger charge is -2.09. The van der Waals surface area contributed by atoms with Crippen molar-refractivity contribution < 1.29 is 4.79 Å². The second-order valence-corrected chi connectivity index (χ2v) is 4.58. The van der Waals surface area contributed by atoms with Gasteiger partial charge in [-0.25, -0.2) is 0 Å². The number of hydrogen-bond donors (Lipinski definition) is 1. The molecule has 0 saturated heterocycles. The first-order valence-electron chi connectivity index (χ1n) is 6.71. The lowest BCUT2D eigenvalue weighted by Crippen LogP contribution is -2.25. The van der Waals surface area contributed by atoms with E-state index in [1.54, 1.807) is 0 Å². The first kappa shape index (κ1) is 13.3. The SMILES string of the molecule is CCCNC(=O)c1ccccc1Cc1ccccc1. The summed E-state index contributed by atoms with van der Waals surface area (Å²) in [4.78, 5) is 12.1. The molecule has 0 aliphatic rings. The average Bonchev–Trinajstić information content (AvgIpc) is 2.46. The molecule has 2 rings (SSSR count). The largest absolute Gasteiger partial charge is 0.352 e. The van der Waals surface area contributed by atoms with Crippen LogP contribution in [0.2, 0.25) is 0 Å². The molecule has 1 N–H and O–H groups in total. The van der Waals surface area contributed by atoms with E-state index < -0.39 is 0 Å². The molecule has 98 valence electrons. The van der Waals surface area contributed by atoms with Gasteiger partial charge in [-0.15, -0.1) is 0 Å². The Labute approximate surface area is 114 Å². The summed E-state index contributed by atoms with van der Waals surface area (Å²) in [7, 11) is 0. The van der Waals surface area contributed by atoms with E-state index in [1.807, 2.05) is 42.5 Å². The van der Waals surface area contributed by atoms with Crippen LogP contribution >= 0.6 is 0 Å². The van der Waals surface area contributed by atoms with Gasteiger partial charge >= 0.3 is 0 Å². The van der Waals surface area contributed by atoms with E-state index in [1.165, 1.54) is 5.56 Å². The molecule has 0 aliphatic carbocycles. The van der Waals surface area contributed by atoms with Crippen molar-refractivity contribution in [2.45, 2.75) is 19.8 Å². The van der Waals surface area contributed by atoms with E-state index in [9.17, 15) is 4.79 Å². The molecule has 2 nitrogen and oxygen atoms in total. The Bertz CT molecular complexity index is 534. The third-order valence-electron chi connectivity index (χ3n) is 3.03. The maximum absolute atomic E-state index is 12.1. The predicted molar refractivity (Wildman–Crippen MR) is 78.3 cm³/mol. The van der Waals surface area contributed by atoms with E-state index in [4.69, 9.17) is 0 Å². The van der Waals surface area contributed by atoms with Gasteiger partial charge in [0.05, 0.1) is 0 Å². The molecule has 0 aromatic heterocycles. The molecule has 0 heterocycles. The van der Waals surface area contributed by atoms with Crippen molar-refractivity contribution in [3.63, 3.8) is 0 Å². The molecule has 0 spiro atoms. The zero-order valence-corrected chi connectivity index (χ0v) is 11.2. The van der Waals surface area contributed by atoms with Crippen LogP contribution in [0.3, 0.4) is 0 Å². The Morgan fingerprint density at radius 3 is 2.42 bits per heavy atom. The summed E-state index contributed by atoms with van der Waals surface area (Å²) in [5, 5.41) is 2.94. The Hall–Kier alpha value is -2.09. The van der Waals surface area contributed by atoms with Crippen LogP contribution in [-0.2, 0) is 6.42 Å². The van der Waals surface area contributed by atoms with Crippen molar-refractivity contribution in [2.75, 3.05) is 6.54 Å². The lowest BCUT2D eigenvalue weighted by molar-refractivity contribution is 0.0953. The fraction of sp³-hybridized carbons (Fsp3) is 0.235. The molecule has 19 heavy (non-hydrogen) atoms. The molecule has 0 atom stereocenters. The number of nitrogens with one attached hydrogen (secondary N) is 1. The van der Waals surface area contributed by atoms with Gasteiger partial charge in [0.1, 0.15) is 0 Å². The summed E-state index contributed by atoms with van der Waals surface area (Å²) in [5.74, 6) is 0.0216. The highest BCUT2D eigenvalue weighted by atomic mass is 16.1. The van der Waals surface area contributed by atoms with Crippen LogP contribution in [-0.4, -0.2) is 12.5 Å². The van der Waals surface area contributed by atoms with E-state index in [2.05, 4.69) is 24.4 Å². The standard InChI is InChI=1S/C17H19NO/c1-2-12-18-17(19)16-11-7-6-10-15(16)13-14-8-4-3-5-9-14/h3-11H,2,12-13H2,1H3,(H,18,19). The van der Waals surface area contributed by atoms with E-state index in [-0.39, 0.29) is 5.91 Å². The Morgan fingerprint density at radius 1 is 1.00 bits per heavy atom. The maximum atomic E-state index is 12.1. The Balaban J connectivity index is 2.19. The fourth-order valence-electron chi connectivity index (χ4n) is 2.05. The minimum Gasteiger partial charge on any atom is -0.352 e. The van der Waals surface area contributed by atoms with Gasteiger partial charge in [0, 0.05) is 12.1 Å². The number of carbonyl (C=O) groups excluding carboxylic acids is 1. The van der Waals surface area contributed by atoms with Crippen LogP contribution in [0.5, 0.6) is 0 Å². The third-order valence-corrected chi connectivity index (χ3v) is 3.03. The van der Waals surface area contributed by atoms with E-state index in [0.29, 0.717) is 0 Å². The van der Waals surface area contributed by atoms with Gasteiger partial charge < -0.3 is 5.32 Å². The molecule has 2 heteroatoms. The highest BCUT2D eigenvalue weighted by molar-refractivity contribution is 5.95. The zero-order chi connectivity index (χ0) is 13.5. The molecule has 0 radical (unpaired) electrons. The van der Waals surface area contributed by atoms with E-state index in [0.717, 1.165) is 30.5 Å². The second kappa shape index (κ2) is 6.74. The minimum absolute atomic E-state index is 0.0216. The second-order valence-electron chi connectivity index (χ2n) is 4.58. The number of benzene rings is 2. The van der Waals surface area contributed by atoms with Crippen molar-refractivity contribution in [3.8, 4) is 0 Å². The van der Waals surface area contributed by atoms with Crippen molar-refractivity contribution >= 4 is 5.91 Å². The highest BCUT2D eigenvalue weighted by Gasteiger charge is 2.10. The zero-order valence-electron chi connectivity index (χ0n) is 11.2. The molecule has 1 amide bonds. The summed E-state index contributed by atoms with van der Waals surface area (Å²) in [6.45, 7) is 2.77. The topological polar surface area (TPSA) is 29.1 Å². The molecular weight excluding hydrogens is 234 g/mol. The van der Waals surface area contributed by atoms with Crippen molar-refractivity contribution in [2.24, 2.45) is 0 Å². The van der Waals surface area contributed by atoms with Gasteiger partial charge in [-0.05, 0) is 30.0 Å². The van der Waals surface area contributed by atoms with Crippen molar-refractivity contribution in [1.82, 2.24) is 5.32 Å². The molecular formula is C17H19NO.